The van der Waals surface area contributed by atoms with Gasteiger partial charge in [-0.3, -0.25) is 9.69 Å². The van der Waals surface area contributed by atoms with Gasteiger partial charge >= 0.3 is 5.97 Å². The van der Waals surface area contributed by atoms with Crippen molar-refractivity contribution in [1.82, 2.24) is 4.90 Å². The van der Waals surface area contributed by atoms with Gasteiger partial charge in [0.05, 0.1) is 5.92 Å². The van der Waals surface area contributed by atoms with Crippen molar-refractivity contribution >= 4 is 5.97 Å². The topological polar surface area (TPSA) is 40.5 Å². The van der Waals surface area contributed by atoms with Gasteiger partial charge in [0.2, 0.25) is 0 Å². The number of nitrogens with zero attached hydrogens (tertiary/aromatic N) is 1. The van der Waals surface area contributed by atoms with Crippen molar-refractivity contribution < 1.29 is 9.90 Å². The zero-order chi connectivity index (χ0) is 11.8. The average molecular weight is 225 g/mol. The first kappa shape index (κ1) is 11.9. The highest BCUT2D eigenvalue weighted by molar-refractivity contribution is 5.71. The first-order chi connectivity index (χ1) is 7.48. The molecule has 1 saturated carbocycles. The summed E-state index contributed by atoms with van der Waals surface area (Å²) in [6, 6.07) is 0.650. The zero-order valence-corrected chi connectivity index (χ0v) is 10.4. The number of rotatable bonds is 2. The standard InChI is InChI=1S/C13H23NO2/c1-13(2)6-3-4-11(5-7-13)14-8-10(9-14)12(15)16/h10-11H,3-9H2,1-2H3,(H,15,16). The molecule has 1 atom stereocenters. The van der Waals surface area contributed by atoms with Crippen LogP contribution >= 0.6 is 0 Å². The highest BCUT2D eigenvalue weighted by Gasteiger charge is 2.37. The van der Waals surface area contributed by atoms with Crippen LogP contribution in [0, 0.1) is 11.3 Å². The van der Waals surface area contributed by atoms with Crippen LogP contribution in [0.1, 0.15) is 46.0 Å². The molecule has 0 aromatic rings. The van der Waals surface area contributed by atoms with Crippen LogP contribution in [0.2, 0.25) is 0 Å². The molecule has 0 spiro atoms. The molecule has 0 aromatic heterocycles. The van der Waals surface area contributed by atoms with Crippen LogP contribution in [-0.2, 0) is 4.79 Å². The van der Waals surface area contributed by atoms with E-state index in [0.717, 1.165) is 13.1 Å². The maximum atomic E-state index is 10.8. The van der Waals surface area contributed by atoms with Gasteiger partial charge in [0.1, 0.15) is 0 Å². The van der Waals surface area contributed by atoms with Crippen molar-refractivity contribution in [3.05, 3.63) is 0 Å². The number of hydrogen-bond acceptors (Lipinski definition) is 2. The Labute approximate surface area is 97.8 Å². The largest absolute Gasteiger partial charge is 0.481 e. The van der Waals surface area contributed by atoms with Gasteiger partial charge in [0, 0.05) is 19.1 Å². The van der Waals surface area contributed by atoms with E-state index in [2.05, 4.69) is 18.7 Å². The lowest BCUT2D eigenvalue weighted by Crippen LogP contribution is -2.54. The van der Waals surface area contributed by atoms with Gasteiger partial charge < -0.3 is 5.11 Å². The molecule has 0 radical (unpaired) electrons. The normalized spacial score (nSPS) is 31.8. The first-order valence-electron chi connectivity index (χ1n) is 6.45. The highest BCUT2D eigenvalue weighted by atomic mass is 16.4. The number of likely N-dealkylation sites (tertiary alicyclic amines) is 1. The van der Waals surface area contributed by atoms with Crippen molar-refractivity contribution in [2.24, 2.45) is 11.3 Å². The van der Waals surface area contributed by atoms with E-state index in [9.17, 15) is 4.79 Å². The van der Waals surface area contributed by atoms with E-state index in [1.54, 1.807) is 0 Å². The molecule has 1 heterocycles. The third-order valence-corrected chi connectivity index (χ3v) is 4.32. The molecule has 2 aliphatic rings. The molecule has 0 bridgehead atoms. The van der Waals surface area contributed by atoms with Gasteiger partial charge in [-0.2, -0.15) is 0 Å². The quantitative estimate of drug-likeness (QED) is 0.733. The molecular formula is C13H23NO2. The summed E-state index contributed by atoms with van der Waals surface area (Å²) in [5, 5.41) is 8.86. The van der Waals surface area contributed by atoms with E-state index in [1.165, 1.54) is 32.1 Å². The van der Waals surface area contributed by atoms with Crippen LogP contribution in [0.5, 0.6) is 0 Å². The second-order valence-electron chi connectivity index (χ2n) is 6.24. The Bertz CT molecular complexity index is 269. The van der Waals surface area contributed by atoms with E-state index in [4.69, 9.17) is 5.11 Å². The Morgan fingerprint density at radius 1 is 1.25 bits per heavy atom. The van der Waals surface area contributed by atoms with Gasteiger partial charge in [-0.15, -0.1) is 0 Å². The molecule has 0 amide bonds. The summed E-state index contributed by atoms with van der Waals surface area (Å²) in [7, 11) is 0. The molecule has 92 valence electrons. The van der Waals surface area contributed by atoms with Crippen LogP contribution in [0.3, 0.4) is 0 Å². The van der Waals surface area contributed by atoms with Crippen molar-refractivity contribution in [3.8, 4) is 0 Å². The van der Waals surface area contributed by atoms with Gasteiger partial charge in [-0.05, 0) is 31.1 Å². The second-order valence-corrected chi connectivity index (χ2v) is 6.24. The van der Waals surface area contributed by atoms with Crippen molar-refractivity contribution in [1.29, 1.82) is 0 Å². The lowest BCUT2D eigenvalue weighted by atomic mass is 9.85. The summed E-state index contributed by atoms with van der Waals surface area (Å²) in [5.41, 5.74) is 0.492. The Balaban J connectivity index is 1.82. The summed E-state index contributed by atoms with van der Waals surface area (Å²) < 4.78 is 0. The van der Waals surface area contributed by atoms with Gasteiger partial charge in [-0.1, -0.05) is 20.3 Å². The molecule has 1 saturated heterocycles. The van der Waals surface area contributed by atoms with Crippen LogP contribution in [0.4, 0.5) is 0 Å². The number of carboxylic acid groups (broad SMARTS) is 1. The molecular weight excluding hydrogens is 202 g/mol. The predicted octanol–water partition coefficient (Wildman–Crippen LogP) is 2.36. The van der Waals surface area contributed by atoms with Crippen LogP contribution in [-0.4, -0.2) is 35.1 Å². The Morgan fingerprint density at radius 3 is 2.56 bits per heavy atom. The molecule has 1 aliphatic heterocycles. The fourth-order valence-electron chi connectivity index (χ4n) is 2.98. The Morgan fingerprint density at radius 2 is 1.94 bits per heavy atom. The molecule has 1 N–H and O–H groups in total. The third-order valence-electron chi connectivity index (χ3n) is 4.32. The van der Waals surface area contributed by atoms with Gasteiger partial charge in [0.25, 0.3) is 0 Å². The van der Waals surface area contributed by atoms with E-state index in [-0.39, 0.29) is 5.92 Å². The average Bonchev–Trinajstić information content (AvgIpc) is 2.24. The summed E-state index contributed by atoms with van der Waals surface area (Å²) >= 11 is 0. The van der Waals surface area contributed by atoms with E-state index < -0.39 is 5.97 Å². The van der Waals surface area contributed by atoms with Crippen molar-refractivity contribution in [2.45, 2.75) is 52.0 Å². The van der Waals surface area contributed by atoms with Gasteiger partial charge in [0.15, 0.2) is 0 Å². The van der Waals surface area contributed by atoms with Crippen LogP contribution in [0.25, 0.3) is 0 Å². The Hall–Kier alpha value is -0.570. The molecule has 1 unspecified atom stereocenters. The van der Waals surface area contributed by atoms with Crippen LogP contribution in [0.15, 0.2) is 0 Å². The second kappa shape index (κ2) is 4.36. The number of hydrogen-bond donors (Lipinski definition) is 1. The van der Waals surface area contributed by atoms with E-state index >= 15 is 0 Å². The monoisotopic (exact) mass is 225 g/mol. The molecule has 0 aromatic carbocycles. The highest BCUT2D eigenvalue weighted by Crippen LogP contribution is 2.36. The number of carboxylic acids is 1. The summed E-state index contributed by atoms with van der Waals surface area (Å²) in [4.78, 5) is 13.1. The summed E-state index contributed by atoms with van der Waals surface area (Å²) in [6.07, 6.45) is 6.41. The summed E-state index contributed by atoms with van der Waals surface area (Å²) in [5.74, 6) is -0.721. The molecule has 1 aliphatic carbocycles. The predicted molar refractivity (Wildman–Crippen MR) is 63.4 cm³/mol. The minimum atomic E-state index is -0.620. The molecule has 2 fully saturated rings. The first-order valence-corrected chi connectivity index (χ1v) is 6.45. The summed E-state index contributed by atoms with van der Waals surface area (Å²) in [6.45, 7) is 6.26. The zero-order valence-electron chi connectivity index (χ0n) is 10.4. The molecule has 3 nitrogen and oxygen atoms in total. The van der Waals surface area contributed by atoms with E-state index in [0.29, 0.717) is 11.5 Å². The SMILES string of the molecule is CC1(C)CCCC(N2CC(C(=O)O)C2)CC1. The molecule has 16 heavy (non-hydrogen) atoms. The minimum Gasteiger partial charge on any atom is -0.481 e. The fourth-order valence-corrected chi connectivity index (χ4v) is 2.98. The van der Waals surface area contributed by atoms with Crippen LogP contribution < -0.4 is 0 Å². The fraction of sp³-hybridized carbons (Fsp3) is 0.923. The van der Waals surface area contributed by atoms with Gasteiger partial charge in [-0.25, -0.2) is 0 Å². The number of carbonyl (C=O) groups is 1. The molecule has 3 heteroatoms. The minimum absolute atomic E-state index is 0.101. The number of aliphatic carboxylic acids is 1. The van der Waals surface area contributed by atoms with Crippen molar-refractivity contribution in [3.63, 3.8) is 0 Å². The third kappa shape index (κ3) is 2.57. The van der Waals surface area contributed by atoms with Crippen molar-refractivity contribution in [2.75, 3.05) is 13.1 Å². The molecule has 2 rings (SSSR count). The Kier molecular flexibility index (Phi) is 3.24. The lowest BCUT2D eigenvalue weighted by molar-refractivity contribution is -0.148. The lowest BCUT2D eigenvalue weighted by Gasteiger charge is -2.42. The van der Waals surface area contributed by atoms with E-state index in [1.807, 2.05) is 0 Å². The maximum Gasteiger partial charge on any atom is 0.309 e. The smallest absolute Gasteiger partial charge is 0.309 e. The maximum absolute atomic E-state index is 10.8.